The average molecular weight is 217 g/mol. The monoisotopic (exact) mass is 217 g/mol. The molecule has 1 N–H and O–H groups in total. The van der Waals surface area contributed by atoms with Crippen LogP contribution >= 0.6 is 0 Å². The van der Waals surface area contributed by atoms with E-state index in [0.29, 0.717) is 18.4 Å². The van der Waals surface area contributed by atoms with Crippen molar-refractivity contribution in [1.82, 2.24) is 10.1 Å². The molecule has 84 valence electrons. The third kappa shape index (κ3) is 2.39. The molecule has 1 aromatic heterocycles. The fourth-order valence-electron chi connectivity index (χ4n) is 1.46. The Bertz CT molecular complexity index is 491. The van der Waals surface area contributed by atoms with Gasteiger partial charge in [-0.25, -0.2) is 0 Å². The van der Waals surface area contributed by atoms with E-state index in [1.165, 1.54) is 16.7 Å². The largest absolute Gasteiger partial charge is 0.334 e. The molecule has 0 unspecified atom stereocenters. The SMILES string of the molecule is Cc1noc(NCc2ccc(C)c(C)c2)n1. The maximum Gasteiger partial charge on any atom is 0.321 e. The fraction of sp³-hybridized carbons (Fsp3) is 0.333. The van der Waals surface area contributed by atoms with Crippen LogP contribution in [-0.2, 0) is 6.54 Å². The molecule has 0 saturated heterocycles. The predicted octanol–water partition coefficient (Wildman–Crippen LogP) is 2.61. The number of nitrogens with zero attached hydrogens (tertiary/aromatic N) is 2. The van der Waals surface area contributed by atoms with E-state index >= 15 is 0 Å². The zero-order valence-corrected chi connectivity index (χ0v) is 9.74. The molecule has 4 heteroatoms. The molecule has 0 atom stereocenters. The van der Waals surface area contributed by atoms with Gasteiger partial charge in [0, 0.05) is 6.54 Å². The van der Waals surface area contributed by atoms with Crippen LogP contribution in [0.4, 0.5) is 6.01 Å². The molecular formula is C12H15N3O. The van der Waals surface area contributed by atoms with Gasteiger partial charge in [0.25, 0.3) is 0 Å². The van der Waals surface area contributed by atoms with Crippen molar-refractivity contribution < 1.29 is 4.52 Å². The normalized spacial score (nSPS) is 10.4. The molecule has 0 amide bonds. The molecule has 16 heavy (non-hydrogen) atoms. The summed E-state index contributed by atoms with van der Waals surface area (Å²) < 4.78 is 4.97. The number of anilines is 1. The van der Waals surface area contributed by atoms with E-state index in [-0.39, 0.29) is 0 Å². The Kier molecular flexibility index (Phi) is 2.90. The maximum atomic E-state index is 4.97. The van der Waals surface area contributed by atoms with Gasteiger partial charge in [-0.2, -0.15) is 4.98 Å². The lowest BCUT2D eigenvalue weighted by molar-refractivity contribution is 0.425. The summed E-state index contributed by atoms with van der Waals surface area (Å²) in [6.45, 7) is 6.71. The van der Waals surface area contributed by atoms with Gasteiger partial charge in [0.2, 0.25) is 0 Å². The molecule has 0 spiro atoms. The first-order valence-corrected chi connectivity index (χ1v) is 5.25. The van der Waals surface area contributed by atoms with E-state index in [1.54, 1.807) is 6.92 Å². The Hall–Kier alpha value is -1.84. The highest BCUT2D eigenvalue weighted by atomic mass is 16.5. The van der Waals surface area contributed by atoms with E-state index in [0.717, 1.165) is 0 Å². The van der Waals surface area contributed by atoms with Gasteiger partial charge >= 0.3 is 6.01 Å². The lowest BCUT2D eigenvalue weighted by atomic mass is 10.1. The molecule has 0 saturated carbocycles. The van der Waals surface area contributed by atoms with Gasteiger partial charge in [-0.3, -0.25) is 0 Å². The maximum absolute atomic E-state index is 4.97. The van der Waals surface area contributed by atoms with E-state index < -0.39 is 0 Å². The Labute approximate surface area is 94.7 Å². The van der Waals surface area contributed by atoms with Crippen LogP contribution in [0.1, 0.15) is 22.5 Å². The second-order valence-electron chi connectivity index (χ2n) is 3.92. The Balaban J connectivity index is 2.02. The molecule has 4 nitrogen and oxygen atoms in total. The van der Waals surface area contributed by atoms with Crippen LogP contribution in [0.25, 0.3) is 0 Å². The molecule has 0 bridgehead atoms. The lowest BCUT2D eigenvalue weighted by Gasteiger charge is -2.05. The standard InChI is InChI=1S/C12H15N3O/c1-8-4-5-11(6-9(8)2)7-13-12-14-10(3)15-16-12/h4-6H,7H2,1-3H3,(H,13,14,15). The first kappa shape index (κ1) is 10.7. The van der Waals surface area contributed by atoms with Gasteiger partial charge in [0.1, 0.15) is 0 Å². The van der Waals surface area contributed by atoms with Crippen LogP contribution < -0.4 is 5.32 Å². The zero-order chi connectivity index (χ0) is 11.5. The van der Waals surface area contributed by atoms with Crippen LogP contribution in [0, 0.1) is 20.8 Å². The summed E-state index contributed by atoms with van der Waals surface area (Å²) in [5.41, 5.74) is 3.80. The first-order chi connectivity index (χ1) is 7.65. The number of aromatic nitrogens is 2. The quantitative estimate of drug-likeness (QED) is 0.858. The molecule has 0 fully saturated rings. The van der Waals surface area contributed by atoms with E-state index in [4.69, 9.17) is 4.52 Å². The highest BCUT2D eigenvalue weighted by Gasteiger charge is 2.02. The number of benzene rings is 1. The molecule has 1 heterocycles. The molecule has 1 aromatic carbocycles. The van der Waals surface area contributed by atoms with Crippen molar-refractivity contribution in [1.29, 1.82) is 0 Å². The highest BCUT2D eigenvalue weighted by Crippen LogP contribution is 2.11. The van der Waals surface area contributed by atoms with E-state index in [1.807, 2.05) is 0 Å². The summed E-state index contributed by atoms with van der Waals surface area (Å²) in [6.07, 6.45) is 0. The predicted molar refractivity (Wildman–Crippen MR) is 62.3 cm³/mol. The minimum Gasteiger partial charge on any atom is -0.334 e. The van der Waals surface area contributed by atoms with Gasteiger partial charge in [-0.1, -0.05) is 23.4 Å². The second kappa shape index (κ2) is 4.35. The van der Waals surface area contributed by atoms with Gasteiger partial charge in [0.05, 0.1) is 0 Å². The summed E-state index contributed by atoms with van der Waals surface area (Å²) in [6, 6.07) is 6.84. The number of aryl methyl sites for hydroxylation is 3. The Morgan fingerprint density at radius 3 is 2.62 bits per heavy atom. The summed E-state index contributed by atoms with van der Waals surface area (Å²) in [5.74, 6) is 0.641. The van der Waals surface area contributed by atoms with Crippen LogP contribution in [0.15, 0.2) is 22.7 Å². The number of hydrogen-bond acceptors (Lipinski definition) is 4. The molecule has 2 aromatic rings. The van der Waals surface area contributed by atoms with Crippen molar-refractivity contribution in [2.75, 3.05) is 5.32 Å². The van der Waals surface area contributed by atoms with Gasteiger partial charge in [-0.15, -0.1) is 0 Å². The number of nitrogens with one attached hydrogen (secondary N) is 1. The average Bonchev–Trinajstić information content (AvgIpc) is 2.66. The van der Waals surface area contributed by atoms with Crippen molar-refractivity contribution in [2.24, 2.45) is 0 Å². The zero-order valence-electron chi connectivity index (χ0n) is 9.74. The summed E-state index contributed by atoms with van der Waals surface area (Å²) in [7, 11) is 0. The van der Waals surface area contributed by atoms with Crippen molar-refractivity contribution in [2.45, 2.75) is 27.3 Å². The highest BCUT2D eigenvalue weighted by molar-refractivity contribution is 5.32. The summed E-state index contributed by atoms with van der Waals surface area (Å²) >= 11 is 0. The van der Waals surface area contributed by atoms with E-state index in [9.17, 15) is 0 Å². The Morgan fingerprint density at radius 1 is 1.19 bits per heavy atom. The van der Waals surface area contributed by atoms with Crippen molar-refractivity contribution >= 4 is 6.01 Å². The molecule has 0 aliphatic rings. The fourth-order valence-corrected chi connectivity index (χ4v) is 1.46. The van der Waals surface area contributed by atoms with Crippen LogP contribution in [0.2, 0.25) is 0 Å². The third-order valence-electron chi connectivity index (χ3n) is 2.54. The van der Waals surface area contributed by atoms with Crippen LogP contribution in [0.5, 0.6) is 0 Å². The molecular weight excluding hydrogens is 202 g/mol. The Morgan fingerprint density at radius 2 is 2.00 bits per heavy atom. The van der Waals surface area contributed by atoms with Crippen molar-refractivity contribution in [3.8, 4) is 0 Å². The minimum absolute atomic E-state index is 0.468. The van der Waals surface area contributed by atoms with Crippen molar-refractivity contribution in [3.63, 3.8) is 0 Å². The number of rotatable bonds is 3. The number of hydrogen-bond donors (Lipinski definition) is 1. The van der Waals surface area contributed by atoms with Crippen LogP contribution in [-0.4, -0.2) is 10.1 Å². The van der Waals surface area contributed by atoms with Gasteiger partial charge in [0.15, 0.2) is 5.82 Å². The molecule has 0 aliphatic heterocycles. The summed E-state index contributed by atoms with van der Waals surface area (Å²) in [4.78, 5) is 4.08. The lowest BCUT2D eigenvalue weighted by Crippen LogP contribution is -2.00. The van der Waals surface area contributed by atoms with Crippen molar-refractivity contribution in [3.05, 3.63) is 40.7 Å². The van der Waals surface area contributed by atoms with E-state index in [2.05, 4.69) is 47.5 Å². The second-order valence-corrected chi connectivity index (χ2v) is 3.92. The van der Waals surface area contributed by atoms with Gasteiger partial charge in [-0.05, 0) is 37.5 Å². The first-order valence-electron chi connectivity index (χ1n) is 5.25. The third-order valence-corrected chi connectivity index (χ3v) is 2.54. The minimum atomic E-state index is 0.468. The van der Waals surface area contributed by atoms with Gasteiger partial charge < -0.3 is 9.84 Å². The smallest absolute Gasteiger partial charge is 0.321 e. The molecule has 0 aliphatic carbocycles. The molecule has 2 rings (SSSR count). The topological polar surface area (TPSA) is 51.0 Å². The van der Waals surface area contributed by atoms with Crippen LogP contribution in [0.3, 0.4) is 0 Å². The molecule has 0 radical (unpaired) electrons. The summed E-state index contributed by atoms with van der Waals surface area (Å²) in [5, 5.41) is 6.80.